The van der Waals surface area contributed by atoms with E-state index in [0.717, 1.165) is 18.4 Å². The Bertz CT molecular complexity index is 1400. The summed E-state index contributed by atoms with van der Waals surface area (Å²) in [7, 11) is 2.98. The van der Waals surface area contributed by atoms with E-state index in [-0.39, 0.29) is 18.8 Å². The SMILES string of the molecule is CC[C@@]1(O)C(=O)OCC2=C1Cc1nc3n(c1=C2O)Cc1c(cccc1CC[Si](C)(C)CCCN(C)C)C=3. The van der Waals surface area contributed by atoms with Gasteiger partial charge in [-0.2, -0.15) is 0 Å². The van der Waals surface area contributed by atoms with Gasteiger partial charge in [0.2, 0.25) is 0 Å². The summed E-state index contributed by atoms with van der Waals surface area (Å²) in [5.41, 5.74) is 4.67. The Hall–Kier alpha value is -2.68. The molecular formula is C29H39N3O4Si. The monoisotopic (exact) mass is 521 g/mol. The highest BCUT2D eigenvalue weighted by Gasteiger charge is 2.47. The third-order valence-electron chi connectivity index (χ3n) is 8.42. The summed E-state index contributed by atoms with van der Waals surface area (Å²) in [5.74, 6) is -0.580. The maximum absolute atomic E-state index is 12.4. The maximum Gasteiger partial charge on any atom is 0.342 e. The minimum atomic E-state index is -1.72. The van der Waals surface area contributed by atoms with E-state index < -0.39 is 19.6 Å². The standard InChI is InChI=1S/C29H39N3O4Si/c1-6-29(35)23-16-24-26(27(33)22(23)18-36-28(29)34)32-17-21-19(9-7-10-20(21)15-25(32)30-24)11-14-37(4,5)13-8-12-31(2)3/h7,9-10,15,33,35H,6,8,11-14,16-18H2,1-5H3/t29-/m0/s1. The molecule has 0 bridgehead atoms. The average molecular weight is 522 g/mol. The van der Waals surface area contributed by atoms with Crippen LogP contribution in [0, 0.1) is 0 Å². The zero-order valence-electron chi connectivity index (χ0n) is 22.7. The molecule has 2 aromatic rings. The van der Waals surface area contributed by atoms with Crippen molar-refractivity contribution in [2.75, 3.05) is 27.2 Å². The number of aliphatic hydroxyl groups is 2. The summed E-state index contributed by atoms with van der Waals surface area (Å²) >= 11 is 0. The van der Waals surface area contributed by atoms with Crippen LogP contribution in [-0.2, 0) is 28.9 Å². The molecule has 8 heteroatoms. The Kier molecular flexibility index (Phi) is 6.71. The van der Waals surface area contributed by atoms with Crippen LogP contribution in [0.1, 0.15) is 42.1 Å². The minimum absolute atomic E-state index is 0.0264. The number of hydrogen-bond acceptors (Lipinski definition) is 6. The lowest BCUT2D eigenvalue weighted by molar-refractivity contribution is -0.163. The number of hydrogen-bond donors (Lipinski definition) is 2. The smallest absolute Gasteiger partial charge is 0.342 e. The average Bonchev–Trinajstić information content (AvgIpc) is 3.21. The molecule has 0 saturated heterocycles. The number of cyclic esters (lactones) is 1. The van der Waals surface area contributed by atoms with E-state index in [2.05, 4.69) is 60.9 Å². The van der Waals surface area contributed by atoms with Crippen LogP contribution in [0.25, 0.3) is 11.8 Å². The third kappa shape index (κ3) is 4.60. The first kappa shape index (κ1) is 25.9. The van der Waals surface area contributed by atoms with Gasteiger partial charge >= 0.3 is 5.97 Å². The number of rotatable bonds is 8. The van der Waals surface area contributed by atoms with Crippen molar-refractivity contribution in [1.29, 1.82) is 0 Å². The Balaban J connectivity index is 1.46. The lowest BCUT2D eigenvalue weighted by atomic mass is 9.80. The van der Waals surface area contributed by atoms with Crippen molar-refractivity contribution in [1.82, 2.24) is 14.5 Å². The van der Waals surface area contributed by atoms with Gasteiger partial charge in [0, 0.05) is 20.1 Å². The Morgan fingerprint density at radius 2 is 2.03 bits per heavy atom. The second kappa shape index (κ2) is 9.56. The van der Waals surface area contributed by atoms with Gasteiger partial charge in [-0.15, -0.1) is 0 Å². The zero-order chi connectivity index (χ0) is 26.5. The summed E-state index contributed by atoms with van der Waals surface area (Å²) in [6.45, 7) is 8.52. The first-order valence-electron chi connectivity index (χ1n) is 13.4. The first-order valence-corrected chi connectivity index (χ1v) is 16.8. The van der Waals surface area contributed by atoms with Crippen molar-refractivity contribution in [2.45, 2.75) is 69.9 Å². The van der Waals surface area contributed by atoms with Crippen molar-refractivity contribution in [2.24, 2.45) is 0 Å². The molecular weight excluding hydrogens is 482 g/mol. The number of ether oxygens (including phenoxy) is 1. The van der Waals surface area contributed by atoms with Gasteiger partial charge in [0.05, 0.1) is 12.2 Å². The number of esters is 1. The van der Waals surface area contributed by atoms with Gasteiger partial charge in [0.15, 0.2) is 5.60 Å². The van der Waals surface area contributed by atoms with E-state index >= 15 is 0 Å². The Morgan fingerprint density at radius 3 is 2.76 bits per heavy atom. The fourth-order valence-corrected chi connectivity index (χ4v) is 8.33. The number of carbonyl (C=O) groups excluding carboxylic acids is 1. The summed E-state index contributed by atoms with van der Waals surface area (Å²) in [6.07, 6.45) is 4.94. The van der Waals surface area contributed by atoms with Gasteiger partial charge in [-0.25, -0.2) is 9.78 Å². The molecule has 5 rings (SSSR count). The Morgan fingerprint density at radius 1 is 1.24 bits per heavy atom. The number of fused-ring (bicyclic) bond motifs is 4. The molecule has 0 spiro atoms. The summed E-state index contributed by atoms with van der Waals surface area (Å²) in [6, 6.07) is 9.11. The van der Waals surface area contributed by atoms with Crippen LogP contribution >= 0.6 is 0 Å². The van der Waals surface area contributed by atoms with Crippen molar-refractivity contribution in [3.05, 3.63) is 62.6 Å². The van der Waals surface area contributed by atoms with Crippen molar-refractivity contribution in [3.63, 3.8) is 0 Å². The normalized spacial score (nSPS) is 20.7. The predicted octanol–water partition coefficient (Wildman–Crippen LogP) is 2.49. The predicted molar refractivity (Wildman–Crippen MR) is 148 cm³/mol. The zero-order valence-corrected chi connectivity index (χ0v) is 23.7. The van der Waals surface area contributed by atoms with E-state index in [4.69, 9.17) is 9.72 Å². The molecule has 198 valence electrons. The second-order valence-electron chi connectivity index (χ2n) is 11.8. The van der Waals surface area contributed by atoms with Crippen LogP contribution in [-0.4, -0.2) is 71.6 Å². The summed E-state index contributed by atoms with van der Waals surface area (Å²) in [5, 5.41) is 23.1. The van der Waals surface area contributed by atoms with Crippen molar-refractivity contribution in [3.8, 4) is 0 Å². The van der Waals surface area contributed by atoms with Crippen molar-refractivity contribution >= 4 is 25.9 Å². The van der Waals surface area contributed by atoms with Crippen LogP contribution in [0.5, 0.6) is 0 Å². The molecule has 1 atom stereocenters. The highest BCUT2D eigenvalue weighted by molar-refractivity contribution is 6.77. The number of aryl methyl sites for hydroxylation is 1. The molecule has 1 aromatic carbocycles. The molecule has 3 heterocycles. The maximum atomic E-state index is 12.4. The molecule has 7 nitrogen and oxygen atoms in total. The first-order chi connectivity index (χ1) is 17.5. The number of benzene rings is 1. The van der Waals surface area contributed by atoms with Gasteiger partial charge in [-0.1, -0.05) is 50.3 Å². The van der Waals surface area contributed by atoms with E-state index in [0.29, 0.717) is 35.2 Å². The van der Waals surface area contributed by atoms with E-state index in [1.807, 2.05) is 0 Å². The summed E-state index contributed by atoms with van der Waals surface area (Å²) in [4.78, 5) is 19.5. The highest BCUT2D eigenvalue weighted by Crippen LogP contribution is 2.36. The molecule has 0 amide bonds. The molecule has 0 saturated carbocycles. The molecule has 0 unspecified atom stereocenters. The molecule has 0 radical (unpaired) electrons. The van der Waals surface area contributed by atoms with Crippen LogP contribution in [0.2, 0.25) is 25.2 Å². The van der Waals surface area contributed by atoms with Crippen LogP contribution in [0.3, 0.4) is 0 Å². The van der Waals surface area contributed by atoms with E-state index in [1.54, 1.807) is 6.92 Å². The number of aromatic nitrogens is 2. The quantitative estimate of drug-likeness (QED) is 0.350. The van der Waals surface area contributed by atoms with Gasteiger partial charge in [0.25, 0.3) is 0 Å². The molecule has 1 aromatic heterocycles. The van der Waals surface area contributed by atoms with Crippen LogP contribution < -0.4 is 10.8 Å². The van der Waals surface area contributed by atoms with Crippen molar-refractivity contribution < 1.29 is 19.7 Å². The fraction of sp³-hybridized carbons (Fsp3) is 0.517. The van der Waals surface area contributed by atoms with Crippen LogP contribution in [0.15, 0.2) is 29.3 Å². The lowest BCUT2D eigenvalue weighted by Gasteiger charge is -2.35. The molecule has 2 aliphatic heterocycles. The second-order valence-corrected chi connectivity index (χ2v) is 17.2. The van der Waals surface area contributed by atoms with Crippen LogP contribution in [0.4, 0.5) is 0 Å². The Labute approximate surface area is 219 Å². The summed E-state index contributed by atoms with van der Waals surface area (Å²) < 4.78 is 7.36. The van der Waals surface area contributed by atoms with Gasteiger partial charge in [0.1, 0.15) is 23.2 Å². The number of nitrogens with zero attached hydrogens (tertiary/aromatic N) is 3. The minimum Gasteiger partial charge on any atom is -0.505 e. The van der Waals surface area contributed by atoms with Gasteiger partial charge in [-0.05, 0) is 68.2 Å². The topological polar surface area (TPSA) is 87.8 Å². The fourth-order valence-electron chi connectivity index (χ4n) is 6.02. The third-order valence-corrected chi connectivity index (χ3v) is 11.7. The lowest BCUT2D eigenvalue weighted by Crippen LogP contribution is -2.49. The number of aliphatic hydroxyl groups excluding tert-OH is 1. The number of carbonyl (C=O) groups is 1. The largest absolute Gasteiger partial charge is 0.505 e. The number of imidazole rings is 1. The molecule has 3 aliphatic rings. The molecule has 0 fully saturated rings. The van der Waals surface area contributed by atoms with Gasteiger partial charge in [-0.3, -0.25) is 0 Å². The highest BCUT2D eigenvalue weighted by atomic mass is 28.3. The molecule has 37 heavy (non-hydrogen) atoms. The van der Waals surface area contributed by atoms with E-state index in [9.17, 15) is 15.0 Å². The van der Waals surface area contributed by atoms with Gasteiger partial charge < -0.3 is 24.4 Å². The molecule has 1 aliphatic carbocycles. The molecule has 2 N–H and O–H groups in total. The van der Waals surface area contributed by atoms with E-state index in [1.165, 1.54) is 35.2 Å².